The van der Waals surface area contributed by atoms with Gasteiger partial charge in [0, 0.05) is 19.0 Å². The van der Waals surface area contributed by atoms with Gasteiger partial charge in [0.15, 0.2) is 0 Å². The highest BCUT2D eigenvalue weighted by atomic mass is 16.6. The van der Waals surface area contributed by atoms with Crippen molar-refractivity contribution in [2.24, 2.45) is 5.41 Å². The Kier molecular flexibility index (Phi) is 3.94. The van der Waals surface area contributed by atoms with Crippen LogP contribution in [0.15, 0.2) is 48.5 Å². The van der Waals surface area contributed by atoms with Crippen LogP contribution in [0.2, 0.25) is 0 Å². The molecular weight excluding hydrogens is 330 g/mol. The number of benzene rings is 2. The van der Waals surface area contributed by atoms with Crippen molar-refractivity contribution in [1.29, 1.82) is 0 Å². The second-order valence-electron chi connectivity index (χ2n) is 7.34. The van der Waals surface area contributed by atoms with E-state index < -0.39 is 17.5 Å². The van der Waals surface area contributed by atoms with Crippen LogP contribution < -0.4 is 0 Å². The van der Waals surface area contributed by atoms with Crippen LogP contribution in [0.25, 0.3) is 11.1 Å². The highest BCUT2D eigenvalue weighted by Gasteiger charge is 2.43. The van der Waals surface area contributed by atoms with E-state index in [0.29, 0.717) is 13.0 Å². The lowest BCUT2D eigenvalue weighted by Crippen LogP contribution is -2.35. The molecule has 1 fully saturated rings. The first-order valence-corrected chi connectivity index (χ1v) is 8.83. The monoisotopic (exact) mass is 351 g/mol. The minimum Gasteiger partial charge on any atom is -0.481 e. The molecular formula is C21H21NO4. The van der Waals surface area contributed by atoms with Crippen LogP contribution in [0.3, 0.4) is 0 Å². The van der Waals surface area contributed by atoms with Crippen molar-refractivity contribution in [3.05, 3.63) is 59.7 Å². The van der Waals surface area contributed by atoms with Gasteiger partial charge in [-0.3, -0.25) is 4.79 Å². The number of amides is 1. The predicted octanol–water partition coefficient (Wildman–Crippen LogP) is 3.73. The molecule has 4 rings (SSSR count). The predicted molar refractivity (Wildman–Crippen MR) is 97.0 cm³/mol. The number of carbonyl (C=O) groups is 2. The second-order valence-corrected chi connectivity index (χ2v) is 7.34. The Hall–Kier alpha value is -2.82. The van der Waals surface area contributed by atoms with Gasteiger partial charge < -0.3 is 14.7 Å². The highest BCUT2D eigenvalue weighted by Crippen LogP contribution is 2.44. The minimum absolute atomic E-state index is 0.0137. The smallest absolute Gasteiger partial charge is 0.409 e. The third kappa shape index (κ3) is 2.64. The van der Waals surface area contributed by atoms with Crippen molar-refractivity contribution in [1.82, 2.24) is 4.90 Å². The first kappa shape index (κ1) is 16.6. The van der Waals surface area contributed by atoms with Gasteiger partial charge in [0.05, 0.1) is 5.41 Å². The molecule has 2 aliphatic rings. The summed E-state index contributed by atoms with van der Waals surface area (Å²) in [6.45, 7) is 2.54. The summed E-state index contributed by atoms with van der Waals surface area (Å²) >= 11 is 0. The summed E-state index contributed by atoms with van der Waals surface area (Å²) < 4.78 is 5.59. The third-order valence-corrected chi connectivity index (χ3v) is 5.58. The maximum atomic E-state index is 12.4. The molecule has 5 heteroatoms. The van der Waals surface area contributed by atoms with Crippen LogP contribution >= 0.6 is 0 Å². The summed E-state index contributed by atoms with van der Waals surface area (Å²) in [5, 5.41) is 9.31. The average Bonchev–Trinajstić information content (AvgIpc) is 3.20. The lowest BCUT2D eigenvalue weighted by molar-refractivity contribution is -0.147. The van der Waals surface area contributed by atoms with Crippen LogP contribution in [0.4, 0.5) is 4.79 Å². The van der Waals surface area contributed by atoms with Crippen molar-refractivity contribution < 1.29 is 19.4 Å². The van der Waals surface area contributed by atoms with Crippen LogP contribution in [-0.4, -0.2) is 41.8 Å². The number of rotatable bonds is 3. The Morgan fingerprint density at radius 3 is 2.23 bits per heavy atom. The molecule has 26 heavy (non-hydrogen) atoms. The highest BCUT2D eigenvalue weighted by molar-refractivity contribution is 5.79. The number of carbonyl (C=O) groups excluding carboxylic acids is 1. The maximum absolute atomic E-state index is 12.4. The van der Waals surface area contributed by atoms with E-state index in [-0.39, 0.29) is 19.1 Å². The fraction of sp³-hybridized carbons (Fsp3) is 0.333. The lowest BCUT2D eigenvalue weighted by atomic mass is 9.90. The number of hydrogen-bond donors (Lipinski definition) is 1. The van der Waals surface area contributed by atoms with Crippen LogP contribution in [0.5, 0.6) is 0 Å². The van der Waals surface area contributed by atoms with E-state index in [0.717, 1.165) is 0 Å². The van der Waals surface area contributed by atoms with Crippen molar-refractivity contribution in [3.63, 3.8) is 0 Å². The first-order valence-electron chi connectivity index (χ1n) is 8.83. The molecule has 1 unspecified atom stereocenters. The van der Waals surface area contributed by atoms with E-state index in [1.54, 1.807) is 6.92 Å². The molecule has 5 nitrogen and oxygen atoms in total. The zero-order valence-electron chi connectivity index (χ0n) is 14.6. The Morgan fingerprint density at radius 1 is 1.12 bits per heavy atom. The normalized spacial score (nSPS) is 21.3. The summed E-state index contributed by atoms with van der Waals surface area (Å²) in [7, 11) is 0. The van der Waals surface area contributed by atoms with Gasteiger partial charge in [-0.15, -0.1) is 0 Å². The zero-order valence-corrected chi connectivity index (χ0v) is 14.6. The van der Waals surface area contributed by atoms with Gasteiger partial charge >= 0.3 is 12.1 Å². The van der Waals surface area contributed by atoms with E-state index in [4.69, 9.17) is 4.74 Å². The van der Waals surface area contributed by atoms with Gasteiger partial charge in [-0.1, -0.05) is 48.5 Å². The van der Waals surface area contributed by atoms with Crippen molar-refractivity contribution in [2.45, 2.75) is 19.3 Å². The molecule has 0 radical (unpaired) electrons. The average molecular weight is 351 g/mol. The minimum atomic E-state index is -0.883. The molecule has 0 bridgehead atoms. The Morgan fingerprint density at radius 2 is 1.69 bits per heavy atom. The quantitative estimate of drug-likeness (QED) is 0.915. The molecule has 1 heterocycles. The number of nitrogens with zero attached hydrogens (tertiary/aromatic N) is 1. The molecule has 0 aromatic heterocycles. The Balaban J connectivity index is 1.49. The fourth-order valence-electron chi connectivity index (χ4n) is 3.98. The number of hydrogen-bond acceptors (Lipinski definition) is 3. The number of fused-ring (bicyclic) bond motifs is 3. The van der Waals surface area contributed by atoms with Crippen LogP contribution in [-0.2, 0) is 9.53 Å². The van der Waals surface area contributed by atoms with Gasteiger partial charge in [-0.25, -0.2) is 4.79 Å². The SMILES string of the molecule is CC1(C(=O)O)CCN(C(=O)OCC2c3ccccc3-c3ccccc32)C1. The molecule has 0 spiro atoms. The van der Waals surface area contributed by atoms with Crippen molar-refractivity contribution in [3.8, 4) is 11.1 Å². The molecule has 1 N–H and O–H groups in total. The number of carboxylic acids is 1. The van der Waals surface area contributed by atoms with E-state index in [2.05, 4.69) is 24.3 Å². The molecule has 2 aromatic rings. The summed E-state index contributed by atoms with van der Waals surface area (Å²) in [6, 6.07) is 16.4. The van der Waals surface area contributed by atoms with Gasteiger partial charge in [-0.05, 0) is 35.6 Å². The van der Waals surface area contributed by atoms with E-state index >= 15 is 0 Å². The maximum Gasteiger partial charge on any atom is 0.409 e. The van der Waals surface area contributed by atoms with Gasteiger partial charge in [-0.2, -0.15) is 0 Å². The molecule has 1 atom stereocenters. The number of ether oxygens (including phenoxy) is 1. The van der Waals surface area contributed by atoms with Gasteiger partial charge in [0.25, 0.3) is 0 Å². The summed E-state index contributed by atoms with van der Waals surface area (Å²) in [5.74, 6) is -0.855. The molecule has 134 valence electrons. The standard InChI is InChI=1S/C21H21NO4/c1-21(19(23)24)10-11-22(13-21)20(25)26-12-18-16-8-4-2-6-14(16)15-7-3-5-9-17(15)18/h2-9,18H,10-13H2,1H3,(H,23,24). The molecule has 1 aliphatic heterocycles. The van der Waals surface area contributed by atoms with Crippen LogP contribution in [0, 0.1) is 5.41 Å². The van der Waals surface area contributed by atoms with Crippen molar-refractivity contribution in [2.75, 3.05) is 19.7 Å². The topological polar surface area (TPSA) is 66.8 Å². The number of aliphatic carboxylic acids is 1. The Bertz CT molecular complexity index is 832. The summed E-state index contributed by atoms with van der Waals surface area (Å²) in [4.78, 5) is 25.3. The fourth-order valence-corrected chi connectivity index (χ4v) is 3.98. The van der Waals surface area contributed by atoms with E-state index in [1.807, 2.05) is 24.3 Å². The number of carboxylic acid groups (broad SMARTS) is 1. The summed E-state index contributed by atoms with van der Waals surface area (Å²) in [5.41, 5.74) is 3.81. The molecule has 1 amide bonds. The first-order chi connectivity index (χ1) is 12.5. The van der Waals surface area contributed by atoms with Crippen LogP contribution in [0.1, 0.15) is 30.4 Å². The van der Waals surface area contributed by atoms with E-state index in [9.17, 15) is 14.7 Å². The largest absolute Gasteiger partial charge is 0.481 e. The molecule has 2 aromatic carbocycles. The van der Waals surface area contributed by atoms with Crippen molar-refractivity contribution >= 4 is 12.1 Å². The zero-order chi connectivity index (χ0) is 18.3. The lowest BCUT2D eigenvalue weighted by Gasteiger charge is -2.21. The summed E-state index contributed by atoms with van der Waals surface area (Å²) in [6.07, 6.45) is 0.0174. The van der Waals surface area contributed by atoms with E-state index in [1.165, 1.54) is 27.2 Å². The third-order valence-electron chi connectivity index (χ3n) is 5.58. The molecule has 1 aliphatic carbocycles. The van der Waals surface area contributed by atoms with Gasteiger partial charge in [0.2, 0.25) is 0 Å². The molecule has 0 saturated carbocycles. The second kappa shape index (κ2) is 6.16. The number of likely N-dealkylation sites (tertiary alicyclic amines) is 1. The molecule has 1 saturated heterocycles. The van der Waals surface area contributed by atoms with Gasteiger partial charge in [0.1, 0.15) is 6.61 Å². The Labute approximate surface area is 152 Å².